The molecule has 1 aromatic carbocycles. The van der Waals surface area contributed by atoms with Gasteiger partial charge in [-0.05, 0) is 18.2 Å². The predicted molar refractivity (Wildman–Crippen MR) is 71.6 cm³/mol. The molecule has 0 aliphatic carbocycles. The fourth-order valence-electron chi connectivity index (χ4n) is 2.08. The number of amides is 2. The summed E-state index contributed by atoms with van der Waals surface area (Å²) in [6.45, 7) is -0.252. The van der Waals surface area contributed by atoms with Gasteiger partial charge in [0.1, 0.15) is 5.70 Å². The number of hydrogen-bond acceptors (Lipinski definition) is 5. The van der Waals surface area contributed by atoms with E-state index in [0.717, 1.165) is 15.8 Å². The molecule has 3 N–H and O–H groups in total. The summed E-state index contributed by atoms with van der Waals surface area (Å²) in [6.07, 6.45) is 2.93. The highest BCUT2D eigenvalue weighted by molar-refractivity contribution is 6.17. The van der Waals surface area contributed by atoms with Crippen LogP contribution in [0.2, 0.25) is 0 Å². The number of β-amino-alcohol motifs (C(OH)–C–C–N with tert-alkyl or cyclic N) is 1. The molecule has 0 atom stereocenters. The summed E-state index contributed by atoms with van der Waals surface area (Å²) >= 11 is 0. The van der Waals surface area contributed by atoms with E-state index in [9.17, 15) is 9.59 Å². The Bertz CT molecular complexity index is 719. The highest BCUT2D eigenvalue weighted by Crippen LogP contribution is 2.20. The summed E-state index contributed by atoms with van der Waals surface area (Å²) in [5, 5.41) is 19.4. The molecular weight excluding hydrogens is 260 g/mol. The second-order valence-electron chi connectivity index (χ2n) is 4.37. The zero-order chi connectivity index (χ0) is 14.1. The highest BCUT2D eigenvalue weighted by atomic mass is 16.3. The summed E-state index contributed by atoms with van der Waals surface area (Å²) in [5.41, 5.74) is 1.71. The molecule has 7 heteroatoms. The van der Waals surface area contributed by atoms with Gasteiger partial charge in [0.25, 0.3) is 11.8 Å². The van der Waals surface area contributed by atoms with Crippen LogP contribution in [0.3, 0.4) is 0 Å². The SMILES string of the molecule is O=C1C=C(Nc2ccc3cn[nH]c3c2)C(=O)N1CCO. The number of aromatic amines is 1. The average Bonchev–Trinajstić information content (AvgIpc) is 2.99. The van der Waals surface area contributed by atoms with Crippen molar-refractivity contribution in [2.24, 2.45) is 0 Å². The van der Waals surface area contributed by atoms with Crippen LogP contribution in [0, 0.1) is 0 Å². The number of aliphatic hydroxyl groups is 1. The third kappa shape index (κ3) is 2.04. The first kappa shape index (κ1) is 12.4. The minimum Gasteiger partial charge on any atom is -0.395 e. The lowest BCUT2D eigenvalue weighted by atomic mass is 10.2. The largest absolute Gasteiger partial charge is 0.395 e. The number of anilines is 1. The Morgan fingerprint density at radius 2 is 2.20 bits per heavy atom. The van der Waals surface area contributed by atoms with E-state index in [0.29, 0.717) is 5.69 Å². The molecule has 0 radical (unpaired) electrons. The number of fused-ring (bicyclic) bond motifs is 1. The maximum Gasteiger partial charge on any atom is 0.277 e. The molecule has 1 aliphatic rings. The predicted octanol–water partition coefficient (Wildman–Crippen LogP) is 0.220. The second kappa shape index (κ2) is 4.78. The number of aromatic nitrogens is 2. The van der Waals surface area contributed by atoms with Crippen LogP contribution < -0.4 is 5.32 Å². The number of benzene rings is 1. The Balaban J connectivity index is 1.82. The topological polar surface area (TPSA) is 98.3 Å². The van der Waals surface area contributed by atoms with Crippen molar-refractivity contribution in [3.63, 3.8) is 0 Å². The van der Waals surface area contributed by atoms with Crippen LogP contribution in [-0.2, 0) is 9.59 Å². The Labute approximate surface area is 113 Å². The van der Waals surface area contributed by atoms with Gasteiger partial charge in [0.2, 0.25) is 0 Å². The molecular formula is C13H12N4O3. The number of carbonyl (C=O) groups is 2. The zero-order valence-corrected chi connectivity index (χ0v) is 10.5. The van der Waals surface area contributed by atoms with Crippen LogP contribution in [0.25, 0.3) is 10.9 Å². The van der Waals surface area contributed by atoms with Gasteiger partial charge in [-0.25, -0.2) is 0 Å². The Hall–Kier alpha value is -2.67. The first-order valence-corrected chi connectivity index (χ1v) is 6.07. The van der Waals surface area contributed by atoms with Gasteiger partial charge in [-0.2, -0.15) is 5.10 Å². The molecule has 2 heterocycles. The Morgan fingerprint density at radius 3 is 3.00 bits per heavy atom. The average molecular weight is 272 g/mol. The maximum absolute atomic E-state index is 12.0. The lowest BCUT2D eigenvalue weighted by molar-refractivity contribution is -0.137. The summed E-state index contributed by atoms with van der Waals surface area (Å²) in [6, 6.07) is 5.45. The van der Waals surface area contributed by atoms with E-state index < -0.39 is 11.8 Å². The molecule has 7 nitrogen and oxygen atoms in total. The minimum atomic E-state index is -0.436. The number of imide groups is 1. The quantitative estimate of drug-likeness (QED) is 0.692. The van der Waals surface area contributed by atoms with Crippen LogP contribution in [0.4, 0.5) is 5.69 Å². The first-order valence-electron chi connectivity index (χ1n) is 6.07. The van der Waals surface area contributed by atoms with E-state index >= 15 is 0 Å². The Morgan fingerprint density at radius 1 is 1.35 bits per heavy atom. The fourth-order valence-corrected chi connectivity index (χ4v) is 2.08. The first-order chi connectivity index (χ1) is 9.69. The van der Waals surface area contributed by atoms with E-state index in [1.807, 2.05) is 6.07 Å². The molecule has 1 aliphatic heterocycles. The molecule has 0 unspecified atom stereocenters. The van der Waals surface area contributed by atoms with Crippen molar-refractivity contribution in [2.75, 3.05) is 18.5 Å². The minimum absolute atomic E-state index is 0.00106. The van der Waals surface area contributed by atoms with Gasteiger partial charge >= 0.3 is 0 Å². The third-order valence-electron chi connectivity index (χ3n) is 3.05. The second-order valence-corrected chi connectivity index (χ2v) is 4.37. The van der Waals surface area contributed by atoms with Crippen molar-refractivity contribution in [1.82, 2.24) is 15.1 Å². The number of hydrogen-bond donors (Lipinski definition) is 3. The molecule has 1 aromatic heterocycles. The number of carbonyl (C=O) groups excluding carboxylic acids is 2. The van der Waals surface area contributed by atoms with Gasteiger partial charge in [0, 0.05) is 17.1 Å². The molecule has 0 saturated heterocycles. The highest BCUT2D eigenvalue weighted by Gasteiger charge is 2.30. The molecule has 0 spiro atoms. The van der Waals surface area contributed by atoms with E-state index in [4.69, 9.17) is 5.11 Å². The number of aliphatic hydroxyl groups excluding tert-OH is 1. The molecule has 102 valence electrons. The van der Waals surface area contributed by atoms with Crippen molar-refractivity contribution in [2.45, 2.75) is 0 Å². The zero-order valence-electron chi connectivity index (χ0n) is 10.5. The van der Waals surface area contributed by atoms with Gasteiger partial charge < -0.3 is 10.4 Å². The normalized spacial score (nSPS) is 15.1. The lowest BCUT2D eigenvalue weighted by Gasteiger charge is -2.13. The number of H-pyrrole nitrogens is 1. The summed E-state index contributed by atoms with van der Waals surface area (Å²) in [7, 11) is 0. The fraction of sp³-hybridized carbons (Fsp3) is 0.154. The lowest BCUT2D eigenvalue weighted by Crippen LogP contribution is -2.34. The van der Waals surface area contributed by atoms with Crippen molar-refractivity contribution in [3.8, 4) is 0 Å². The van der Waals surface area contributed by atoms with E-state index in [-0.39, 0.29) is 18.8 Å². The van der Waals surface area contributed by atoms with Crippen LogP contribution in [0.1, 0.15) is 0 Å². The maximum atomic E-state index is 12.0. The smallest absolute Gasteiger partial charge is 0.277 e. The molecule has 2 amide bonds. The van der Waals surface area contributed by atoms with Crippen molar-refractivity contribution in [3.05, 3.63) is 36.2 Å². The molecule has 2 aromatic rings. The van der Waals surface area contributed by atoms with Crippen LogP contribution in [0.5, 0.6) is 0 Å². The monoisotopic (exact) mass is 272 g/mol. The molecule has 0 bridgehead atoms. The van der Waals surface area contributed by atoms with Crippen LogP contribution >= 0.6 is 0 Å². The standard InChI is InChI=1S/C13H12N4O3/c18-4-3-17-12(19)6-11(13(17)20)15-9-2-1-8-7-14-16-10(8)5-9/h1-2,5-7,15,18H,3-4H2,(H,14,16). The van der Waals surface area contributed by atoms with Gasteiger partial charge in [-0.3, -0.25) is 19.6 Å². The number of rotatable bonds is 4. The van der Waals surface area contributed by atoms with Crippen LogP contribution in [0.15, 0.2) is 36.2 Å². The van der Waals surface area contributed by atoms with E-state index in [1.54, 1.807) is 18.3 Å². The van der Waals surface area contributed by atoms with Gasteiger partial charge in [-0.1, -0.05) is 0 Å². The van der Waals surface area contributed by atoms with Gasteiger partial charge in [-0.15, -0.1) is 0 Å². The number of nitrogens with zero attached hydrogens (tertiary/aromatic N) is 2. The summed E-state index contributed by atoms with van der Waals surface area (Å²) in [5.74, 6) is -0.858. The van der Waals surface area contributed by atoms with Gasteiger partial charge in [0.15, 0.2) is 0 Å². The van der Waals surface area contributed by atoms with Crippen LogP contribution in [-0.4, -0.2) is 45.2 Å². The molecule has 3 rings (SSSR count). The van der Waals surface area contributed by atoms with Crippen molar-refractivity contribution in [1.29, 1.82) is 0 Å². The third-order valence-corrected chi connectivity index (χ3v) is 3.05. The van der Waals surface area contributed by atoms with Gasteiger partial charge in [0.05, 0.1) is 24.9 Å². The Kier molecular flexibility index (Phi) is 2.96. The molecule has 0 fully saturated rings. The van der Waals surface area contributed by atoms with Crippen molar-refractivity contribution < 1.29 is 14.7 Å². The molecule has 0 saturated carbocycles. The van der Waals surface area contributed by atoms with Crippen molar-refractivity contribution >= 4 is 28.4 Å². The van der Waals surface area contributed by atoms with E-state index in [1.165, 1.54) is 6.08 Å². The van der Waals surface area contributed by atoms with E-state index in [2.05, 4.69) is 15.5 Å². The summed E-state index contributed by atoms with van der Waals surface area (Å²) in [4.78, 5) is 24.6. The summed E-state index contributed by atoms with van der Waals surface area (Å²) < 4.78 is 0. The molecule has 20 heavy (non-hydrogen) atoms. The number of nitrogens with one attached hydrogen (secondary N) is 2.